The summed E-state index contributed by atoms with van der Waals surface area (Å²) in [4.78, 5) is 24.3. The van der Waals surface area contributed by atoms with E-state index in [9.17, 15) is 14.7 Å². The van der Waals surface area contributed by atoms with Crippen LogP contribution in [-0.2, 0) is 9.59 Å². The van der Waals surface area contributed by atoms with Gasteiger partial charge in [-0.05, 0) is 36.8 Å². The van der Waals surface area contributed by atoms with Crippen LogP contribution in [0.2, 0.25) is 0 Å². The Balaban J connectivity index is 1.56. The van der Waals surface area contributed by atoms with E-state index in [1.54, 1.807) is 18.2 Å². The molecule has 1 heterocycles. The van der Waals surface area contributed by atoms with Crippen LogP contribution in [0, 0.1) is 23.7 Å². The molecule has 4 unspecified atom stereocenters. The number of hydrogen-bond acceptors (Lipinski definition) is 4. The standard InChI is InChI=1S/C17H17NO5/c19-16(18-11-5-6-12-13(7-11)23-8-22-12)14-9-1-3-10(4-2-9)15(14)17(20)21/h1,3,5-7,9-10,14-15H,2,4,8H2,(H,18,19)(H,20,21). The van der Waals surface area contributed by atoms with Gasteiger partial charge in [-0.25, -0.2) is 0 Å². The van der Waals surface area contributed by atoms with Crippen molar-refractivity contribution in [1.82, 2.24) is 0 Å². The second-order valence-corrected chi connectivity index (χ2v) is 6.24. The van der Waals surface area contributed by atoms with Crippen molar-refractivity contribution in [2.75, 3.05) is 12.1 Å². The summed E-state index contributed by atoms with van der Waals surface area (Å²) in [6.45, 7) is 0.172. The van der Waals surface area contributed by atoms with Gasteiger partial charge in [0.25, 0.3) is 0 Å². The molecule has 2 bridgehead atoms. The molecule has 0 spiro atoms. The zero-order valence-corrected chi connectivity index (χ0v) is 12.4. The van der Waals surface area contributed by atoms with Gasteiger partial charge in [-0.1, -0.05) is 12.2 Å². The molecule has 1 fully saturated rings. The first kappa shape index (κ1) is 14.1. The molecule has 4 aliphatic rings. The van der Waals surface area contributed by atoms with Crippen LogP contribution in [0.15, 0.2) is 30.4 Å². The topological polar surface area (TPSA) is 84.9 Å². The van der Waals surface area contributed by atoms with Crippen molar-refractivity contribution >= 4 is 17.6 Å². The molecule has 6 heteroatoms. The van der Waals surface area contributed by atoms with Gasteiger partial charge in [0.2, 0.25) is 12.7 Å². The number of carboxylic acids is 1. The Labute approximate surface area is 133 Å². The van der Waals surface area contributed by atoms with E-state index in [0.717, 1.165) is 12.8 Å². The van der Waals surface area contributed by atoms with Crippen molar-refractivity contribution < 1.29 is 24.2 Å². The zero-order valence-electron chi connectivity index (χ0n) is 12.4. The fourth-order valence-electron chi connectivity index (χ4n) is 3.89. The zero-order chi connectivity index (χ0) is 16.0. The predicted octanol–water partition coefficient (Wildman–Crippen LogP) is 2.27. The monoisotopic (exact) mass is 315 g/mol. The Hall–Kier alpha value is -2.50. The molecule has 1 amide bonds. The van der Waals surface area contributed by atoms with Crippen molar-refractivity contribution in [2.24, 2.45) is 23.7 Å². The quantitative estimate of drug-likeness (QED) is 0.836. The van der Waals surface area contributed by atoms with Crippen LogP contribution >= 0.6 is 0 Å². The third-order valence-electron chi connectivity index (χ3n) is 4.98. The lowest BCUT2D eigenvalue weighted by molar-refractivity contribution is -0.151. The molecule has 0 aromatic heterocycles. The van der Waals surface area contributed by atoms with E-state index in [1.165, 1.54) is 0 Å². The summed E-state index contributed by atoms with van der Waals surface area (Å²) in [6, 6.07) is 5.17. The number of carbonyl (C=O) groups is 2. The largest absolute Gasteiger partial charge is 0.481 e. The molecule has 120 valence electrons. The number of hydrogen-bond donors (Lipinski definition) is 2. The average molecular weight is 315 g/mol. The van der Waals surface area contributed by atoms with Crippen molar-refractivity contribution in [3.63, 3.8) is 0 Å². The van der Waals surface area contributed by atoms with Gasteiger partial charge in [-0.15, -0.1) is 0 Å². The Morgan fingerprint density at radius 2 is 1.74 bits per heavy atom. The van der Waals surface area contributed by atoms with E-state index < -0.39 is 17.8 Å². The summed E-state index contributed by atoms with van der Waals surface area (Å²) >= 11 is 0. The number of fused-ring (bicyclic) bond motifs is 3. The first-order valence-corrected chi connectivity index (χ1v) is 7.75. The normalized spacial score (nSPS) is 30.3. The number of carboxylic acid groups (broad SMARTS) is 1. The third-order valence-corrected chi connectivity index (χ3v) is 4.98. The maximum absolute atomic E-state index is 12.7. The van der Waals surface area contributed by atoms with Crippen LogP contribution in [0.25, 0.3) is 0 Å². The predicted molar refractivity (Wildman–Crippen MR) is 81.2 cm³/mol. The van der Waals surface area contributed by atoms with Crippen molar-refractivity contribution in [3.8, 4) is 11.5 Å². The molecule has 4 atom stereocenters. The molecule has 6 nitrogen and oxygen atoms in total. The first-order chi connectivity index (χ1) is 11.1. The highest BCUT2D eigenvalue weighted by Crippen LogP contribution is 2.45. The highest BCUT2D eigenvalue weighted by atomic mass is 16.7. The van der Waals surface area contributed by atoms with E-state index >= 15 is 0 Å². The maximum Gasteiger partial charge on any atom is 0.307 e. The lowest BCUT2D eigenvalue weighted by atomic mass is 9.62. The molecule has 1 aromatic rings. The molecule has 1 aliphatic heterocycles. The molecule has 1 saturated carbocycles. The van der Waals surface area contributed by atoms with Gasteiger partial charge in [0, 0.05) is 11.8 Å². The number of nitrogens with one attached hydrogen (secondary N) is 1. The molecule has 0 radical (unpaired) electrons. The highest BCUT2D eigenvalue weighted by Gasteiger charge is 2.48. The fraction of sp³-hybridized carbons (Fsp3) is 0.412. The van der Waals surface area contributed by atoms with Crippen LogP contribution in [-0.4, -0.2) is 23.8 Å². The molecule has 2 N–H and O–H groups in total. The minimum absolute atomic E-state index is 0.00453. The average Bonchev–Trinajstić information content (AvgIpc) is 3.02. The van der Waals surface area contributed by atoms with Gasteiger partial charge in [-0.2, -0.15) is 0 Å². The van der Waals surface area contributed by atoms with Crippen LogP contribution in [0.4, 0.5) is 5.69 Å². The number of anilines is 1. The van der Waals surface area contributed by atoms with Crippen LogP contribution in [0.5, 0.6) is 11.5 Å². The number of amides is 1. The van der Waals surface area contributed by atoms with Crippen LogP contribution < -0.4 is 14.8 Å². The Morgan fingerprint density at radius 3 is 2.43 bits per heavy atom. The number of aliphatic carboxylic acids is 1. The van der Waals surface area contributed by atoms with E-state index in [1.807, 2.05) is 12.2 Å². The summed E-state index contributed by atoms with van der Waals surface area (Å²) in [6.07, 6.45) is 5.66. The van der Waals surface area contributed by atoms with Gasteiger partial charge >= 0.3 is 5.97 Å². The number of ether oxygens (including phenoxy) is 2. The summed E-state index contributed by atoms with van der Waals surface area (Å²) in [5.74, 6) is -1.13. The molecule has 0 saturated heterocycles. The van der Waals surface area contributed by atoms with E-state index in [2.05, 4.69) is 5.32 Å². The SMILES string of the molecule is O=C(O)C1C2C=CC(CC2)C1C(=O)Nc1ccc2c(c1)OCO2. The molecular formula is C17H17NO5. The molecule has 3 aliphatic carbocycles. The summed E-state index contributed by atoms with van der Waals surface area (Å²) in [5, 5.41) is 12.4. The summed E-state index contributed by atoms with van der Waals surface area (Å²) in [5.41, 5.74) is 0.591. The minimum atomic E-state index is -0.894. The second-order valence-electron chi connectivity index (χ2n) is 6.24. The van der Waals surface area contributed by atoms with E-state index in [4.69, 9.17) is 9.47 Å². The lowest BCUT2D eigenvalue weighted by Gasteiger charge is -2.41. The molecule has 23 heavy (non-hydrogen) atoms. The van der Waals surface area contributed by atoms with Gasteiger partial charge < -0.3 is 19.9 Å². The Kier molecular flexibility index (Phi) is 3.25. The maximum atomic E-state index is 12.7. The summed E-state index contributed by atoms with van der Waals surface area (Å²) in [7, 11) is 0. The number of benzene rings is 1. The van der Waals surface area contributed by atoms with Crippen molar-refractivity contribution in [1.29, 1.82) is 0 Å². The first-order valence-electron chi connectivity index (χ1n) is 7.75. The van der Waals surface area contributed by atoms with Gasteiger partial charge in [0.1, 0.15) is 0 Å². The number of carbonyl (C=O) groups excluding carboxylic acids is 1. The fourth-order valence-corrected chi connectivity index (χ4v) is 3.89. The summed E-state index contributed by atoms with van der Waals surface area (Å²) < 4.78 is 10.5. The number of rotatable bonds is 3. The number of allylic oxidation sites excluding steroid dienone is 2. The van der Waals surface area contributed by atoms with Crippen LogP contribution in [0.1, 0.15) is 12.8 Å². The minimum Gasteiger partial charge on any atom is -0.481 e. The van der Waals surface area contributed by atoms with Crippen molar-refractivity contribution in [3.05, 3.63) is 30.4 Å². The second kappa shape index (κ2) is 5.30. The molecule has 5 rings (SSSR count). The smallest absolute Gasteiger partial charge is 0.307 e. The van der Waals surface area contributed by atoms with Gasteiger partial charge in [0.15, 0.2) is 11.5 Å². The van der Waals surface area contributed by atoms with Gasteiger partial charge in [-0.3, -0.25) is 9.59 Å². The van der Waals surface area contributed by atoms with Crippen LogP contribution in [0.3, 0.4) is 0 Å². The Bertz CT molecular complexity index is 698. The molecule has 1 aromatic carbocycles. The Morgan fingerprint density at radius 1 is 1.04 bits per heavy atom. The molecular weight excluding hydrogens is 298 g/mol. The lowest BCUT2D eigenvalue weighted by Crippen LogP contribution is -2.47. The van der Waals surface area contributed by atoms with Crippen molar-refractivity contribution in [2.45, 2.75) is 12.8 Å². The third kappa shape index (κ3) is 2.34. The van der Waals surface area contributed by atoms with E-state index in [0.29, 0.717) is 17.2 Å². The highest BCUT2D eigenvalue weighted by molar-refractivity contribution is 5.96. The van der Waals surface area contributed by atoms with Gasteiger partial charge in [0.05, 0.1) is 11.8 Å². The van der Waals surface area contributed by atoms with E-state index in [-0.39, 0.29) is 24.5 Å².